The number of hydrogen-bond donors (Lipinski definition) is 5. The molecule has 4 atom stereocenters. The lowest BCUT2D eigenvalue weighted by molar-refractivity contribution is -0.124. The number of carbonyl (C=O) groups is 1. The van der Waals surface area contributed by atoms with Crippen LogP contribution in [0.4, 0.5) is 0 Å². The first-order chi connectivity index (χ1) is 24.3. The molecule has 0 aliphatic heterocycles. The molecule has 0 aromatic heterocycles. The van der Waals surface area contributed by atoms with Gasteiger partial charge in [-0.3, -0.25) is 13.8 Å². The first kappa shape index (κ1) is 49.2. The monoisotopic (exact) mass is 733 g/mol. The van der Waals surface area contributed by atoms with E-state index in [1.54, 1.807) is 6.08 Å². The minimum Gasteiger partial charge on any atom is -0.393 e. The fourth-order valence-electron chi connectivity index (χ4n) is 6.23. The lowest BCUT2D eigenvalue weighted by atomic mass is 10.0. The SMILES string of the molecule is CCCCCCCCCCCCCC/C=C/C(O)C(COP(=O)(O)OCCN)NC(=O)CC(O)CCCCCCCCCCCCCCCC. The summed E-state index contributed by atoms with van der Waals surface area (Å²) in [6, 6.07) is -0.976. The number of nitrogens with two attached hydrogens (primary N) is 1. The van der Waals surface area contributed by atoms with Crippen molar-refractivity contribution in [2.24, 2.45) is 5.73 Å². The number of carbonyl (C=O) groups excluding carboxylic acids is 1. The molecule has 1 amide bonds. The van der Waals surface area contributed by atoms with Crippen molar-refractivity contribution in [1.29, 1.82) is 0 Å². The fourth-order valence-corrected chi connectivity index (χ4v) is 6.99. The van der Waals surface area contributed by atoms with Crippen molar-refractivity contribution in [2.75, 3.05) is 19.8 Å². The van der Waals surface area contributed by atoms with Crippen molar-refractivity contribution in [2.45, 2.75) is 218 Å². The predicted octanol–water partition coefficient (Wildman–Crippen LogP) is 10.2. The first-order valence-electron chi connectivity index (χ1n) is 20.9. The zero-order valence-corrected chi connectivity index (χ0v) is 33.4. The summed E-state index contributed by atoms with van der Waals surface area (Å²) >= 11 is 0. The predicted molar refractivity (Wildman–Crippen MR) is 209 cm³/mol. The molecule has 10 heteroatoms. The van der Waals surface area contributed by atoms with Gasteiger partial charge in [0.1, 0.15) is 0 Å². The van der Waals surface area contributed by atoms with Gasteiger partial charge in [-0.25, -0.2) is 4.57 Å². The normalized spacial score (nSPS) is 14.9. The highest BCUT2D eigenvalue weighted by Gasteiger charge is 2.27. The Labute approximate surface area is 307 Å². The van der Waals surface area contributed by atoms with Gasteiger partial charge in [-0.15, -0.1) is 0 Å². The van der Waals surface area contributed by atoms with Gasteiger partial charge in [0.2, 0.25) is 5.91 Å². The van der Waals surface area contributed by atoms with E-state index in [-0.39, 0.29) is 19.6 Å². The van der Waals surface area contributed by atoms with Crippen molar-refractivity contribution >= 4 is 13.7 Å². The third-order valence-electron chi connectivity index (χ3n) is 9.42. The molecule has 0 aromatic carbocycles. The van der Waals surface area contributed by atoms with E-state index in [1.165, 1.54) is 135 Å². The van der Waals surface area contributed by atoms with Gasteiger partial charge in [-0.2, -0.15) is 0 Å². The Hall–Kier alpha value is -0.800. The number of aliphatic hydroxyl groups is 2. The Balaban J connectivity index is 4.35. The second-order valence-corrected chi connectivity index (χ2v) is 15.9. The van der Waals surface area contributed by atoms with E-state index in [9.17, 15) is 24.5 Å². The molecule has 298 valence electrons. The molecule has 6 N–H and O–H groups in total. The van der Waals surface area contributed by atoms with Crippen molar-refractivity contribution in [3.05, 3.63) is 12.2 Å². The molecule has 0 aliphatic rings. The molecule has 0 fully saturated rings. The maximum Gasteiger partial charge on any atom is 0.472 e. The molecular weight excluding hydrogens is 651 g/mol. The highest BCUT2D eigenvalue weighted by molar-refractivity contribution is 7.47. The molecule has 50 heavy (non-hydrogen) atoms. The molecule has 0 saturated heterocycles. The van der Waals surface area contributed by atoms with Crippen LogP contribution in [0.1, 0.15) is 200 Å². The molecule has 0 heterocycles. The van der Waals surface area contributed by atoms with Gasteiger partial charge in [0, 0.05) is 6.54 Å². The fraction of sp³-hybridized carbons (Fsp3) is 0.925. The van der Waals surface area contributed by atoms with E-state index in [1.807, 2.05) is 6.08 Å². The van der Waals surface area contributed by atoms with E-state index in [0.717, 1.165) is 38.5 Å². The Bertz CT molecular complexity index is 817. The van der Waals surface area contributed by atoms with Crippen molar-refractivity contribution in [3.63, 3.8) is 0 Å². The molecule has 4 unspecified atom stereocenters. The molecule has 0 rings (SSSR count). The van der Waals surface area contributed by atoms with Crippen LogP contribution in [0.25, 0.3) is 0 Å². The van der Waals surface area contributed by atoms with E-state index in [4.69, 9.17) is 14.8 Å². The molecular formula is C40H81N2O7P. The summed E-state index contributed by atoms with van der Waals surface area (Å²) in [5.41, 5.74) is 5.35. The van der Waals surface area contributed by atoms with E-state index in [0.29, 0.717) is 6.42 Å². The minimum absolute atomic E-state index is 0.0513. The summed E-state index contributed by atoms with van der Waals surface area (Å²) in [6.45, 7) is 3.97. The highest BCUT2D eigenvalue weighted by atomic mass is 31.2. The van der Waals surface area contributed by atoms with Crippen LogP contribution in [0.3, 0.4) is 0 Å². The van der Waals surface area contributed by atoms with E-state index >= 15 is 0 Å². The number of allylic oxidation sites excluding steroid dienone is 1. The van der Waals surface area contributed by atoms with Crippen LogP contribution < -0.4 is 11.1 Å². The number of aliphatic hydroxyl groups excluding tert-OH is 2. The molecule has 0 aliphatic carbocycles. The third-order valence-corrected chi connectivity index (χ3v) is 10.4. The number of rotatable bonds is 39. The Kier molecular flexibility index (Phi) is 36.0. The van der Waals surface area contributed by atoms with Gasteiger partial charge in [-0.05, 0) is 19.3 Å². The number of unbranched alkanes of at least 4 members (excludes halogenated alkanes) is 25. The lowest BCUT2D eigenvalue weighted by Gasteiger charge is -2.24. The van der Waals surface area contributed by atoms with Crippen LogP contribution in [-0.4, -0.2) is 59.0 Å². The highest BCUT2D eigenvalue weighted by Crippen LogP contribution is 2.43. The van der Waals surface area contributed by atoms with Gasteiger partial charge in [0.15, 0.2) is 0 Å². The number of phosphoric ester groups is 1. The zero-order valence-electron chi connectivity index (χ0n) is 32.5. The van der Waals surface area contributed by atoms with Gasteiger partial charge in [0.25, 0.3) is 0 Å². The Morgan fingerprint density at radius 3 is 1.54 bits per heavy atom. The van der Waals surface area contributed by atoms with Crippen molar-refractivity contribution < 1.29 is 33.5 Å². The lowest BCUT2D eigenvalue weighted by Crippen LogP contribution is -2.46. The van der Waals surface area contributed by atoms with Crippen molar-refractivity contribution in [3.8, 4) is 0 Å². The first-order valence-corrected chi connectivity index (χ1v) is 22.4. The van der Waals surface area contributed by atoms with Crippen LogP contribution in [0.15, 0.2) is 12.2 Å². The number of hydrogen-bond acceptors (Lipinski definition) is 7. The molecule has 9 nitrogen and oxygen atoms in total. The second-order valence-electron chi connectivity index (χ2n) is 14.4. The smallest absolute Gasteiger partial charge is 0.393 e. The average molecular weight is 733 g/mol. The molecule has 0 bridgehead atoms. The van der Waals surface area contributed by atoms with Crippen molar-refractivity contribution in [1.82, 2.24) is 5.32 Å². The third kappa shape index (κ3) is 34.3. The van der Waals surface area contributed by atoms with Crippen LogP contribution in [0.2, 0.25) is 0 Å². The summed E-state index contributed by atoms with van der Waals surface area (Å²) in [5.74, 6) is -0.444. The molecule has 0 saturated carbocycles. The van der Waals surface area contributed by atoms with Gasteiger partial charge >= 0.3 is 7.82 Å². The quantitative estimate of drug-likeness (QED) is 0.0238. The molecule has 0 aromatic rings. The Morgan fingerprint density at radius 1 is 0.680 bits per heavy atom. The zero-order chi connectivity index (χ0) is 37.0. The van der Waals surface area contributed by atoms with Crippen LogP contribution in [0.5, 0.6) is 0 Å². The van der Waals surface area contributed by atoms with E-state index in [2.05, 4.69) is 19.2 Å². The average Bonchev–Trinajstić information content (AvgIpc) is 3.09. The minimum atomic E-state index is -4.39. The maximum absolute atomic E-state index is 12.8. The van der Waals surface area contributed by atoms with Gasteiger partial charge in [-0.1, -0.05) is 187 Å². The van der Waals surface area contributed by atoms with E-state index < -0.39 is 38.6 Å². The second kappa shape index (κ2) is 36.6. The van der Waals surface area contributed by atoms with Crippen LogP contribution >= 0.6 is 7.82 Å². The summed E-state index contributed by atoms with van der Waals surface area (Å²) < 4.78 is 22.0. The molecule has 0 spiro atoms. The summed E-state index contributed by atoms with van der Waals surface area (Å²) in [7, 11) is -4.39. The van der Waals surface area contributed by atoms with Crippen LogP contribution in [-0.2, 0) is 18.4 Å². The standard InChI is InChI=1S/C40H81N2O7P/c1-3-5-7-9-11-13-15-17-19-21-23-25-27-29-31-37(43)35-40(45)42-38(36-49-50(46,47)48-34-33-41)39(44)32-30-28-26-24-22-20-18-16-14-12-10-8-6-4-2/h30,32,37-39,43-44H,3-29,31,33-36,41H2,1-2H3,(H,42,45)(H,46,47)/b32-30+. The topological polar surface area (TPSA) is 151 Å². The largest absolute Gasteiger partial charge is 0.472 e. The number of amides is 1. The Morgan fingerprint density at radius 2 is 1.10 bits per heavy atom. The summed E-state index contributed by atoms with van der Waals surface area (Å²) in [5, 5.41) is 24.0. The summed E-state index contributed by atoms with van der Waals surface area (Å²) in [4.78, 5) is 22.7. The van der Waals surface area contributed by atoms with Gasteiger partial charge in [0.05, 0.1) is 37.9 Å². The number of phosphoric acid groups is 1. The maximum atomic E-state index is 12.8. The molecule has 0 radical (unpaired) electrons. The van der Waals surface area contributed by atoms with Gasteiger partial charge < -0.3 is 26.2 Å². The summed E-state index contributed by atoms with van der Waals surface area (Å²) in [6.07, 6.45) is 35.7. The van der Waals surface area contributed by atoms with Crippen LogP contribution in [0, 0.1) is 0 Å². The number of nitrogens with one attached hydrogen (secondary N) is 1.